The van der Waals surface area contributed by atoms with E-state index < -0.39 is 17.7 Å². The maximum absolute atomic E-state index is 11.9. The summed E-state index contributed by atoms with van der Waals surface area (Å²) in [5.74, 6) is 0. The summed E-state index contributed by atoms with van der Waals surface area (Å²) >= 11 is 5.85. The average molecular weight is 326 g/mol. The van der Waals surface area contributed by atoms with Gasteiger partial charge in [0.15, 0.2) is 0 Å². The lowest BCUT2D eigenvalue weighted by molar-refractivity contribution is -0.109. The molecular formula is C17H24ClNO3. The number of rotatable bonds is 8. The lowest BCUT2D eigenvalue weighted by Crippen LogP contribution is -2.41. The molecule has 22 heavy (non-hydrogen) atoms. The van der Waals surface area contributed by atoms with Crippen LogP contribution < -0.4 is 5.32 Å². The van der Waals surface area contributed by atoms with E-state index in [9.17, 15) is 9.59 Å². The van der Waals surface area contributed by atoms with Gasteiger partial charge in [-0.15, -0.1) is 0 Å². The van der Waals surface area contributed by atoms with Crippen molar-refractivity contribution in [3.05, 3.63) is 34.9 Å². The van der Waals surface area contributed by atoms with E-state index in [0.29, 0.717) is 17.9 Å². The van der Waals surface area contributed by atoms with Crippen LogP contribution >= 0.6 is 11.6 Å². The second-order valence-electron chi connectivity index (χ2n) is 5.98. The first kappa shape index (κ1) is 18.5. The number of ether oxygens (including phenoxy) is 1. The van der Waals surface area contributed by atoms with Crippen LogP contribution in [0.1, 0.15) is 45.6 Å². The predicted octanol–water partition coefficient (Wildman–Crippen LogP) is 4.15. The van der Waals surface area contributed by atoms with Gasteiger partial charge >= 0.3 is 6.09 Å². The number of aldehydes is 1. The number of amides is 1. The topological polar surface area (TPSA) is 55.4 Å². The Balaban J connectivity index is 2.53. The minimum absolute atomic E-state index is 0.487. The molecule has 122 valence electrons. The Hall–Kier alpha value is -1.55. The SMILES string of the molecule is CCCC[C@@H](C=O)NC(=O)OC(C)(C)Cc1ccc(Cl)cc1. The molecule has 0 aliphatic rings. The molecular weight excluding hydrogens is 302 g/mol. The summed E-state index contributed by atoms with van der Waals surface area (Å²) in [5, 5.41) is 3.27. The number of halogens is 1. The number of hydrogen-bond donors (Lipinski definition) is 1. The van der Waals surface area contributed by atoms with Gasteiger partial charge in [-0.3, -0.25) is 0 Å². The molecule has 0 fully saturated rings. The Morgan fingerprint density at radius 2 is 2.00 bits per heavy atom. The van der Waals surface area contributed by atoms with Crippen molar-refractivity contribution in [2.45, 2.75) is 58.1 Å². The van der Waals surface area contributed by atoms with Crippen molar-refractivity contribution in [1.29, 1.82) is 0 Å². The largest absolute Gasteiger partial charge is 0.443 e. The molecule has 1 amide bonds. The summed E-state index contributed by atoms with van der Waals surface area (Å²) in [6.07, 6.45) is 3.25. The highest BCUT2D eigenvalue weighted by molar-refractivity contribution is 6.30. The number of carbonyl (C=O) groups excluding carboxylic acids is 2. The van der Waals surface area contributed by atoms with Crippen molar-refractivity contribution in [3.8, 4) is 0 Å². The fourth-order valence-electron chi connectivity index (χ4n) is 2.16. The van der Waals surface area contributed by atoms with Gasteiger partial charge in [0.25, 0.3) is 0 Å². The van der Waals surface area contributed by atoms with E-state index in [-0.39, 0.29) is 0 Å². The number of benzene rings is 1. The molecule has 1 N–H and O–H groups in total. The zero-order chi connectivity index (χ0) is 16.6. The number of nitrogens with one attached hydrogen (secondary N) is 1. The van der Waals surface area contributed by atoms with E-state index in [0.717, 1.165) is 24.7 Å². The van der Waals surface area contributed by atoms with Crippen molar-refractivity contribution >= 4 is 24.0 Å². The molecule has 1 aromatic rings. The van der Waals surface area contributed by atoms with Gasteiger partial charge in [0, 0.05) is 11.4 Å². The van der Waals surface area contributed by atoms with Gasteiger partial charge in [0.1, 0.15) is 11.9 Å². The quantitative estimate of drug-likeness (QED) is 0.731. The third kappa shape index (κ3) is 6.94. The zero-order valence-electron chi connectivity index (χ0n) is 13.4. The standard InChI is InChI=1S/C17H24ClNO3/c1-4-5-6-15(12-20)19-16(21)22-17(2,3)11-13-7-9-14(18)10-8-13/h7-10,12,15H,4-6,11H2,1-3H3,(H,19,21)/t15-/m0/s1. The summed E-state index contributed by atoms with van der Waals surface area (Å²) < 4.78 is 5.44. The van der Waals surface area contributed by atoms with Gasteiger partial charge < -0.3 is 14.8 Å². The third-order valence-electron chi connectivity index (χ3n) is 3.25. The first-order chi connectivity index (χ1) is 10.4. The van der Waals surface area contributed by atoms with Crippen LogP contribution in [-0.2, 0) is 16.0 Å². The number of alkyl carbamates (subject to hydrolysis) is 1. The highest BCUT2D eigenvalue weighted by Gasteiger charge is 2.24. The highest BCUT2D eigenvalue weighted by atomic mass is 35.5. The highest BCUT2D eigenvalue weighted by Crippen LogP contribution is 2.19. The maximum atomic E-state index is 11.9. The minimum Gasteiger partial charge on any atom is -0.443 e. The lowest BCUT2D eigenvalue weighted by atomic mass is 9.98. The fourth-order valence-corrected chi connectivity index (χ4v) is 2.29. The van der Waals surface area contributed by atoms with Crippen LogP contribution in [0.15, 0.2) is 24.3 Å². The van der Waals surface area contributed by atoms with Gasteiger partial charge in [-0.1, -0.05) is 43.5 Å². The molecule has 1 atom stereocenters. The van der Waals surface area contributed by atoms with E-state index in [4.69, 9.17) is 16.3 Å². The van der Waals surface area contributed by atoms with E-state index in [1.54, 1.807) is 12.1 Å². The Morgan fingerprint density at radius 3 is 2.55 bits per heavy atom. The number of hydrogen-bond acceptors (Lipinski definition) is 3. The van der Waals surface area contributed by atoms with Gasteiger partial charge in [-0.2, -0.15) is 0 Å². The van der Waals surface area contributed by atoms with Crippen molar-refractivity contribution < 1.29 is 14.3 Å². The molecule has 0 unspecified atom stereocenters. The van der Waals surface area contributed by atoms with E-state index in [1.165, 1.54) is 0 Å². The van der Waals surface area contributed by atoms with Crippen LogP contribution in [0.4, 0.5) is 4.79 Å². The number of carbonyl (C=O) groups is 2. The molecule has 0 aromatic heterocycles. The Kier molecular flexibility index (Phi) is 7.39. The molecule has 0 bridgehead atoms. The van der Waals surface area contributed by atoms with Crippen molar-refractivity contribution in [3.63, 3.8) is 0 Å². The Labute approximate surface area is 137 Å². The maximum Gasteiger partial charge on any atom is 0.408 e. The van der Waals surface area contributed by atoms with Crippen LogP contribution in [-0.4, -0.2) is 24.0 Å². The number of unbranched alkanes of at least 4 members (excludes halogenated alkanes) is 1. The fraction of sp³-hybridized carbons (Fsp3) is 0.529. The summed E-state index contributed by atoms with van der Waals surface area (Å²) in [7, 11) is 0. The third-order valence-corrected chi connectivity index (χ3v) is 3.50. The zero-order valence-corrected chi connectivity index (χ0v) is 14.2. The van der Waals surface area contributed by atoms with Gasteiger partial charge in [-0.25, -0.2) is 4.79 Å². The molecule has 1 rings (SSSR count). The molecule has 0 saturated heterocycles. The molecule has 0 radical (unpaired) electrons. The van der Waals surface area contributed by atoms with Crippen molar-refractivity contribution in [1.82, 2.24) is 5.32 Å². The van der Waals surface area contributed by atoms with Crippen LogP contribution in [0.3, 0.4) is 0 Å². The van der Waals surface area contributed by atoms with E-state index >= 15 is 0 Å². The van der Waals surface area contributed by atoms with Gasteiger partial charge in [0.05, 0.1) is 6.04 Å². The van der Waals surface area contributed by atoms with Crippen molar-refractivity contribution in [2.75, 3.05) is 0 Å². The Bertz CT molecular complexity index is 485. The summed E-state index contributed by atoms with van der Waals surface area (Å²) in [4.78, 5) is 22.9. The van der Waals surface area contributed by atoms with E-state index in [1.807, 2.05) is 32.9 Å². The monoisotopic (exact) mass is 325 g/mol. The summed E-state index contributed by atoms with van der Waals surface area (Å²) in [5.41, 5.74) is 0.357. The van der Waals surface area contributed by atoms with Crippen molar-refractivity contribution in [2.24, 2.45) is 0 Å². The molecule has 0 aliphatic heterocycles. The summed E-state index contributed by atoms with van der Waals surface area (Å²) in [6, 6.07) is 6.93. The normalized spacial score (nSPS) is 12.5. The minimum atomic E-state index is -0.671. The predicted molar refractivity (Wildman–Crippen MR) is 88.2 cm³/mol. The van der Waals surface area contributed by atoms with Crippen LogP contribution in [0.2, 0.25) is 5.02 Å². The smallest absolute Gasteiger partial charge is 0.408 e. The van der Waals surface area contributed by atoms with Crippen LogP contribution in [0.5, 0.6) is 0 Å². The van der Waals surface area contributed by atoms with Gasteiger partial charge in [-0.05, 0) is 38.0 Å². The second-order valence-corrected chi connectivity index (χ2v) is 6.42. The first-order valence-electron chi connectivity index (χ1n) is 7.55. The first-order valence-corrected chi connectivity index (χ1v) is 7.93. The van der Waals surface area contributed by atoms with Crippen LogP contribution in [0, 0.1) is 0 Å². The molecule has 0 spiro atoms. The van der Waals surface area contributed by atoms with Crippen LogP contribution in [0.25, 0.3) is 0 Å². The van der Waals surface area contributed by atoms with Gasteiger partial charge in [0.2, 0.25) is 0 Å². The molecule has 0 aliphatic carbocycles. The molecule has 1 aromatic carbocycles. The summed E-state index contributed by atoms with van der Waals surface area (Å²) in [6.45, 7) is 5.71. The Morgan fingerprint density at radius 1 is 1.36 bits per heavy atom. The van der Waals surface area contributed by atoms with E-state index in [2.05, 4.69) is 5.32 Å². The lowest BCUT2D eigenvalue weighted by Gasteiger charge is -2.26. The molecule has 0 heterocycles. The molecule has 0 saturated carbocycles. The second kappa shape index (κ2) is 8.79. The average Bonchev–Trinajstić information content (AvgIpc) is 2.45. The molecule has 5 heteroatoms. The molecule has 4 nitrogen and oxygen atoms in total.